The number of aryl methyl sites for hydroxylation is 1. The number of hydrogen-bond donors (Lipinski definition) is 0. The van der Waals surface area contributed by atoms with E-state index in [2.05, 4.69) is 173 Å². The van der Waals surface area contributed by atoms with Gasteiger partial charge in [0.15, 0.2) is 0 Å². The summed E-state index contributed by atoms with van der Waals surface area (Å²) in [6, 6.07) is 22.8. The van der Waals surface area contributed by atoms with Gasteiger partial charge < -0.3 is 9.80 Å². The summed E-state index contributed by atoms with van der Waals surface area (Å²) < 4.78 is 1.41. The van der Waals surface area contributed by atoms with E-state index in [0.29, 0.717) is 0 Å². The molecule has 3 heteroatoms. The summed E-state index contributed by atoms with van der Waals surface area (Å²) in [5.74, 6) is 0. The highest BCUT2D eigenvalue weighted by atomic mass is 32.1. The Bertz CT molecular complexity index is 2140. The highest BCUT2D eigenvalue weighted by Gasteiger charge is 2.58. The molecule has 3 atom stereocenters. The van der Waals surface area contributed by atoms with Gasteiger partial charge in [-0.3, -0.25) is 0 Å². The molecule has 54 heavy (non-hydrogen) atoms. The van der Waals surface area contributed by atoms with Crippen molar-refractivity contribution in [1.29, 1.82) is 0 Å². The van der Waals surface area contributed by atoms with Crippen LogP contribution < -0.4 is 9.80 Å². The Morgan fingerprint density at radius 1 is 0.722 bits per heavy atom. The van der Waals surface area contributed by atoms with Crippen LogP contribution in [-0.4, -0.2) is 11.6 Å². The molecule has 1 saturated carbocycles. The predicted octanol–water partition coefficient (Wildman–Crippen LogP) is 15.0. The Hall–Kier alpha value is -3.30. The molecule has 286 valence electrons. The number of nitrogens with zero attached hydrogens (tertiary/aromatic N) is 2. The van der Waals surface area contributed by atoms with Crippen molar-refractivity contribution in [3.63, 3.8) is 0 Å². The van der Waals surface area contributed by atoms with E-state index in [4.69, 9.17) is 0 Å². The number of fused-ring (bicyclic) bond motifs is 5. The van der Waals surface area contributed by atoms with Crippen molar-refractivity contribution in [3.8, 4) is 0 Å². The molecule has 0 bridgehead atoms. The normalized spacial score (nSPS) is 26.0. The summed E-state index contributed by atoms with van der Waals surface area (Å²) in [5, 5.41) is 2.73. The van der Waals surface area contributed by atoms with Gasteiger partial charge >= 0.3 is 0 Å². The number of benzene rings is 3. The van der Waals surface area contributed by atoms with Crippen molar-refractivity contribution in [1.82, 2.24) is 0 Å². The van der Waals surface area contributed by atoms with E-state index in [-0.39, 0.29) is 38.7 Å². The second-order valence-electron chi connectivity index (χ2n) is 21.4. The number of thiophene rings is 1. The molecule has 1 aliphatic heterocycles. The largest absolute Gasteiger partial charge is 0.334 e. The first-order valence-corrected chi connectivity index (χ1v) is 21.8. The fourth-order valence-electron chi connectivity index (χ4n) is 10.7. The second-order valence-corrected chi connectivity index (χ2v) is 22.4. The monoisotopic (exact) mass is 738 g/mol. The van der Waals surface area contributed by atoms with Crippen molar-refractivity contribution >= 4 is 43.5 Å². The average Bonchev–Trinajstić information content (AvgIpc) is 3.58. The molecule has 2 nitrogen and oxygen atoms in total. The Morgan fingerprint density at radius 3 is 2.06 bits per heavy atom. The molecule has 0 amide bonds. The lowest BCUT2D eigenvalue weighted by Gasteiger charge is -2.50. The Kier molecular flexibility index (Phi) is 8.60. The summed E-state index contributed by atoms with van der Waals surface area (Å²) in [4.78, 5) is 5.46. The van der Waals surface area contributed by atoms with Crippen molar-refractivity contribution < 1.29 is 0 Å². The van der Waals surface area contributed by atoms with Gasteiger partial charge in [-0.1, -0.05) is 119 Å². The first-order valence-electron chi connectivity index (χ1n) is 21.0. The lowest BCUT2D eigenvalue weighted by molar-refractivity contribution is 0.195. The maximum Gasteiger partial charge on any atom is 0.0971 e. The molecule has 1 fully saturated rings. The summed E-state index contributed by atoms with van der Waals surface area (Å²) in [7, 11) is 0. The van der Waals surface area contributed by atoms with Crippen LogP contribution >= 0.6 is 11.3 Å². The molecular weight excluding hydrogens is 673 g/mol. The summed E-state index contributed by atoms with van der Waals surface area (Å²) >= 11 is 1.98. The Labute approximate surface area is 331 Å². The van der Waals surface area contributed by atoms with E-state index in [0.717, 1.165) is 6.42 Å². The van der Waals surface area contributed by atoms with Gasteiger partial charge in [0, 0.05) is 27.2 Å². The van der Waals surface area contributed by atoms with E-state index in [1.807, 2.05) is 11.3 Å². The third kappa shape index (κ3) is 5.93. The molecule has 0 spiro atoms. The molecule has 3 aromatic carbocycles. The van der Waals surface area contributed by atoms with Crippen molar-refractivity contribution in [2.75, 3.05) is 9.80 Å². The highest BCUT2D eigenvalue weighted by Crippen LogP contribution is 2.61. The second kappa shape index (κ2) is 12.3. The minimum atomic E-state index is 0.00532. The summed E-state index contributed by atoms with van der Waals surface area (Å²) in [6.45, 7) is 31.3. The maximum atomic E-state index is 2.78. The van der Waals surface area contributed by atoms with Crippen LogP contribution in [0.5, 0.6) is 0 Å². The van der Waals surface area contributed by atoms with Gasteiger partial charge in [-0.15, -0.1) is 11.3 Å². The van der Waals surface area contributed by atoms with Crippen LogP contribution in [-0.2, 0) is 21.7 Å². The van der Waals surface area contributed by atoms with E-state index in [1.54, 1.807) is 16.7 Å². The van der Waals surface area contributed by atoms with E-state index in [1.165, 1.54) is 87.4 Å². The molecule has 8 rings (SSSR count). The molecule has 0 saturated heterocycles. The van der Waals surface area contributed by atoms with E-state index in [9.17, 15) is 0 Å². The van der Waals surface area contributed by atoms with Crippen LogP contribution in [0.25, 0.3) is 10.1 Å². The standard InChI is InChI=1S/C51H66N2S/c1-33-26-38(31-39(27-33)53-43-21-18-36(47(5,6)7)30-42(43)50(12)22-14-15-23-51(50,53)13)52(37-19-16-35(17-20-37)46(2,3)4)45-29-34-28-40-41(32-44(34)54-45)49(10,11)25-24-48(40,8)9/h16-19,21,26-32,37H,14-15,20,22-25H2,1-13H3. The lowest BCUT2D eigenvalue weighted by Crippen LogP contribution is -2.54. The maximum absolute atomic E-state index is 2.78. The molecule has 4 aliphatic rings. The topological polar surface area (TPSA) is 6.48 Å². The van der Waals surface area contributed by atoms with Gasteiger partial charge in [0.05, 0.1) is 16.6 Å². The fraction of sp³-hybridized carbons (Fsp3) is 0.529. The summed E-state index contributed by atoms with van der Waals surface area (Å²) in [6.07, 6.45) is 15.9. The third-order valence-corrected chi connectivity index (χ3v) is 15.6. The predicted molar refractivity (Wildman–Crippen MR) is 237 cm³/mol. The first-order chi connectivity index (χ1) is 25.1. The Morgan fingerprint density at radius 2 is 1.41 bits per heavy atom. The van der Waals surface area contributed by atoms with Gasteiger partial charge in [0.25, 0.3) is 0 Å². The molecule has 3 aliphatic carbocycles. The van der Waals surface area contributed by atoms with Crippen molar-refractivity contribution in [3.05, 3.63) is 106 Å². The zero-order chi connectivity index (χ0) is 38.8. The van der Waals surface area contributed by atoms with Crippen LogP contribution in [0.15, 0.2) is 78.4 Å². The van der Waals surface area contributed by atoms with Crippen LogP contribution in [0.3, 0.4) is 0 Å². The van der Waals surface area contributed by atoms with Gasteiger partial charge in [0.1, 0.15) is 0 Å². The van der Waals surface area contributed by atoms with Crippen molar-refractivity contribution in [2.45, 2.75) is 168 Å². The van der Waals surface area contributed by atoms with E-state index < -0.39 is 0 Å². The van der Waals surface area contributed by atoms with Gasteiger partial charge in [-0.05, 0) is 149 Å². The molecule has 2 heterocycles. The number of allylic oxidation sites excluding steroid dienone is 2. The first kappa shape index (κ1) is 37.6. The minimum Gasteiger partial charge on any atom is -0.334 e. The van der Waals surface area contributed by atoms with Crippen LogP contribution in [0.2, 0.25) is 0 Å². The fourth-order valence-corrected chi connectivity index (χ4v) is 11.8. The number of rotatable bonds is 4. The van der Waals surface area contributed by atoms with Gasteiger partial charge in [-0.2, -0.15) is 0 Å². The molecule has 0 N–H and O–H groups in total. The number of anilines is 4. The zero-order valence-electron chi connectivity index (χ0n) is 35.8. The molecular formula is C51H66N2S. The third-order valence-electron chi connectivity index (χ3n) is 14.5. The zero-order valence-corrected chi connectivity index (χ0v) is 36.6. The van der Waals surface area contributed by atoms with Gasteiger partial charge in [-0.25, -0.2) is 0 Å². The van der Waals surface area contributed by atoms with Crippen LogP contribution in [0.1, 0.15) is 156 Å². The van der Waals surface area contributed by atoms with Gasteiger partial charge in [0.2, 0.25) is 0 Å². The average molecular weight is 739 g/mol. The molecule has 4 aromatic rings. The molecule has 1 aromatic heterocycles. The summed E-state index contributed by atoms with van der Waals surface area (Å²) in [5.41, 5.74) is 13.6. The quantitative estimate of drug-likeness (QED) is 0.206. The van der Waals surface area contributed by atoms with Crippen LogP contribution in [0, 0.1) is 12.3 Å². The minimum absolute atomic E-state index is 0.00532. The SMILES string of the molecule is Cc1cc(N(c2cc3cc4c(cc3s2)C(C)(C)CCC4(C)C)C2C=CC(C(C)(C)C)=CC2)cc(N2c3ccc(C(C)(C)C)cc3C3(C)CCCCC23C)c1. The smallest absolute Gasteiger partial charge is 0.0971 e. The van der Waals surface area contributed by atoms with E-state index >= 15 is 0 Å². The van der Waals surface area contributed by atoms with Crippen molar-refractivity contribution in [2.24, 2.45) is 5.41 Å². The molecule has 3 unspecified atom stereocenters. The molecule has 0 radical (unpaired) electrons. The highest BCUT2D eigenvalue weighted by molar-refractivity contribution is 7.22. The Balaban J connectivity index is 1.30. The van der Waals surface area contributed by atoms with Crippen LogP contribution in [0.4, 0.5) is 22.1 Å². The number of hydrogen-bond acceptors (Lipinski definition) is 3. The lowest BCUT2D eigenvalue weighted by atomic mass is 9.61.